The predicted molar refractivity (Wildman–Crippen MR) is 79.1 cm³/mol. The Labute approximate surface area is 119 Å². The van der Waals surface area contributed by atoms with Gasteiger partial charge in [-0.2, -0.15) is 0 Å². The molecule has 1 atom stereocenters. The number of anilines is 1. The Kier molecular flexibility index (Phi) is 4.54. The molecule has 1 saturated heterocycles. The van der Waals surface area contributed by atoms with Gasteiger partial charge in [0.2, 0.25) is 0 Å². The van der Waals surface area contributed by atoms with E-state index in [1.807, 2.05) is 7.05 Å². The summed E-state index contributed by atoms with van der Waals surface area (Å²) < 4.78 is 0. The molecule has 0 N–H and O–H groups in total. The normalized spacial score (nSPS) is 19.9. The van der Waals surface area contributed by atoms with Crippen molar-refractivity contribution < 1.29 is 4.92 Å². The number of pyridine rings is 1. The van der Waals surface area contributed by atoms with Crippen molar-refractivity contribution in [3.8, 4) is 0 Å². The smallest absolute Gasteiger partial charge is 0.290 e. The van der Waals surface area contributed by atoms with Crippen LogP contribution in [0.2, 0.25) is 0 Å². The van der Waals surface area contributed by atoms with Gasteiger partial charge in [-0.05, 0) is 45.3 Å². The minimum absolute atomic E-state index is 0.0829. The molecule has 6 heteroatoms. The van der Waals surface area contributed by atoms with Gasteiger partial charge in [-0.1, -0.05) is 0 Å². The molecule has 20 heavy (non-hydrogen) atoms. The van der Waals surface area contributed by atoms with Crippen LogP contribution in [-0.4, -0.2) is 48.5 Å². The first-order valence-electron chi connectivity index (χ1n) is 6.98. The molecule has 0 aromatic carbocycles. The second kappa shape index (κ2) is 6.17. The summed E-state index contributed by atoms with van der Waals surface area (Å²) >= 11 is 0. The molecule has 0 spiro atoms. The average molecular weight is 278 g/mol. The van der Waals surface area contributed by atoms with Gasteiger partial charge in [-0.15, -0.1) is 0 Å². The summed E-state index contributed by atoms with van der Waals surface area (Å²) in [4.78, 5) is 19.1. The first-order valence-corrected chi connectivity index (χ1v) is 6.98. The topological polar surface area (TPSA) is 62.5 Å². The SMILES string of the molecule is Cc1cc(N(C)CC2CCCN(C)C2)ncc1[N+](=O)[O-]. The maximum absolute atomic E-state index is 10.8. The zero-order chi connectivity index (χ0) is 14.7. The zero-order valence-electron chi connectivity index (χ0n) is 12.4. The number of likely N-dealkylation sites (tertiary alicyclic amines) is 1. The fraction of sp³-hybridized carbons (Fsp3) is 0.643. The summed E-state index contributed by atoms with van der Waals surface area (Å²) in [5, 5.41) is 10.8. The second-order valence-corrected chi connectivity index (χ2v) is 5.74. The molecule has 1 aromatic rings. The molecule has 0 saturated carbocycles. The van der Waals surface area contributed by atoms with Crippen LogP contribution in [0.4, 0.5) is 11.5 Å². The van der Waals surface area contributed by atoms with Crippen LogP contribution < -0.4 is 4.90 Å². The number of nitrogens with zero attached hydrogens (tertiary/aromatic N) is 4. The van der Waals surface area contributed by atoms with E-state index in [1.165, 1.54) is 25.6 Å². The summed E-state index contributed by atoms with van der Waals surface area (Å²) in [6.07, 6.45) is 3.83. The maximum Gasteiger partial charge on any atom is 0.290 e. The highest BCUT2D eigenvalue weighted by atomic mass is 16.6. The molecule has 1 aromatic heterocycles. The number of aryl methyl sites for hydroxylation is 1. The van der Waals surface area contributed by atoms with Crippen LogP contribution in [0.5, 0.6) is 0 Å². The largest absolute Gasteiger partial charge is 0.359 e. The summed E-state index contributed by atoms with van der Waals surface area (Å²) in [5.74, 6) is 1.44. The number of hydrogen-bond donors (Lipinski definition) is 0. The molecule has 1 aliphatic heterocycles. The van der Waals surface area contributed by atoms with Crippen molar-refractivity contribution >= 4 is 11.5 Å². The van der Waals surface area contributed by atoms with Crippen LogP contribution >= 0.6 is 0 Å². The van der Waals surface area contributed by atoms with E-state index >= 15 is 0 Å². The van der Waals surface area contributed by atoms with E-state index in [-0.39, 0.29) is 10.6 Å². The predicted octanol–water partition coefficient (Wildman–Crippen LogP) is 2.08. The zero-order valence-corrected chi connectivity index (χ0v) is 12.4. The Balaban J connectivity index is 2.03. The first-order chi connectivity index (χ1) is 9.47. The summed E-state index contributed by atoms with van der Waals surface area (Å²) in [5.41, 5.74) is 0.743. The van der Waals surface area contributed by atoms with Gasteiger partial charge >= 0.3 is 0 Å². The number of hydrogen-bond acceptors (Lipinski definition) is 5. The summed E-state index contributed by atoms with van der Waals surface area (Å²) in [7, 11) is 4.16. The van der Waals surface area contributed by atoms with Crippen LogP contribution in [0.1, 0.15) is 18.4 Å². The van der Waals surface area contributed by atoms with Gasteiger partial charge in [0.05, 0.1) is 4.92 Å². The van der Waals surface area contributed by atoms with Crippen LogP contribution in [0, 0.1) is 23.0 Å². The molecule has 1 unspecified atom stereocenters. The Hall–Kier alpha value is -1.69. The van der Waals surface area contributed by atoms with Gasteiger partial charge in [0.25, 0.3) is 5.69 Å². The Morgan fingerprint density at radius 1 is 1.60 bits per heavy atom. The lowest BCUT2D eigenvalue weighted by Crippen LogP contribution is -2.38. The van der Waals surface area contributed by atoms with Crippen LogP contribution in [0.3, 0.4) is 0 Å². The molecule has 6 nitrogen and oxygen atoms in total. The number of aromatic nitrogens is 1. The highest BCUT2D eigenvalue weighted by molar-refractivity contribution is 5.48. The number of nitro groups is 1. The first kappa shape index (κ1) is 14.7. The third-order valence-corrected chi connectivity index (χ3v) is 3.91. The van der Waals surface area contributed by atoms with E-state index in [4.69, 9.17) is 0 Å². The maximum atomic E-state index is 10.8. The van der Waals surface area contributed by atoms with Crippen molar-refractivity contribution in [3.63, 3.8) is 0 Å². The fourth-order valence-corrected chi connectivity index (χ4v) is 2.84. The summed E-state index contributed by atoms with van der Waals surface area (Å²) in [6.45, 7) is 4.98. The van der Waals surface area contributed by atoms with Crippen molar-refractivity contribution in [1.82, 2.24) is 9.88 Å². The molecular formula is C14H22N4O2. The van der Waals surface area contributed by atoms with E-state index in [0.717, 1.165) is 18.9 Å². The number of piperidine rings is 1. The van der Waals surface area contributed by atoms with Gasteiger partial charge in [-0.25, -0.2) is 4.98 Å². The van der Waals surface area contributed by atoms with Gasteiger partial charge < -0.3 is 9.80 Å². The lowest BCUT2D eigenvalue weighted by atomic mass is 9.98. The monoisotopic (exact) mass is 278 g/mol. The van der Waals surface area contributed by atoms with Crippen LogP contribution in [0.15, 0.2) is 12.3 Å². The molecule has 0 aliphatic carbocycles. The van der Waals surface area contributed by atoms with E-state index in [1.54, 1.807) is 13.0 Å². The van der Waals surface area contributed by atoms with E-state index in [0.29, 0.717) is 11.5 Å². The summed E-state index contributed by atoms with van der Waals surface area (Å²) in [6, 6.07) is 1.80. The lowest BCUT2D eigenvalue weighted by Gasteiger charge is -2.32. The molecule has 1 fully saturated rings. The van der Waals surface area contributed by atoms with Crippen LogP contribution in [0.25, 0.3) is 0 Å². The minimum Gasteiger partial charge on any atom is -0.359 e. The molecule has 110 valence electrons. The minimum atomic E-state index is -0.387. The van der Waals surface area contributed by atoms with E-state index in [2.05, 4.69) is 21.8 Å². The highest BCUT2D eigenvalue weighted by Gasteiger charge is 2.20. The third kappa shape index (κ3) is 3.45. The Bertz CT molecular complexity index is 492. The molecule has 2 heterocycles. The standard InChI is InChI=1S/C14H22N4O2/c1-11-7-14(15-8-13(11)18(19)20)17(3)10-12-5-4-6-16(2)9-12/h7-8,12H,4-6,9-10H2,1-3H3. The molecule has 0 radical (unpaired) electrons. The van der Waals surface area contributed by atoms with Crippen molar-refractivity contribution in [1.29, 1.82) is 0 Å². The van der Waals surface area contributed by atoms with Gasteiger partial charge in [0.15, 0.2) is 0 Å². The van der Waals surface area contributed by atoms with Crippen molar-refractivity contribution in [3.05, 3.63) is 27.9 Å². The van der Waals surface area contributed by atoms with Crippen molar-refractivity contribution in [2.75, 3.05) is 38.6 Å². The third-order valence-electron chi connectivity index (χ3n) is 3.91. The van der Waals surface area contributed by atoms with E-state index < -0.39 is 0 Å². The molecule has 2 rings (SSSR count). The highest BCUT2D eigenvalue weighted by Crippen LogP contribution is 2.23. The van der Waals surface area contributed by atoms with Gasteiger partial charge in [0.1, 0.15) is 12.0 Å². The van der Waals surface area contributed by atoms with Crippen LogP contribution in [-0.2, 0) is 0 Å². The average Bonchev–Trinajstić information content (AvgIpc) is 2.38. The quantitative estimate of drug-likeness (QED) is 0.623. The van der Waals surface area contributed by atoms with E-state index in [9.17, 15) is 10.1 Å². The molecule has 0 amide bonds. The Morgan fingerprint density at radius 3 is 2.95 bits per heavy atom. The molecular weight excluding hydrogens is 256 g/mol. The van der Waals surface area contributed by atoms with Crippen molar-refractivity contribution in [2.45, 2.75) is 19.8 Å². The van der Waals surface area contributed by atoms with Gasteiger partial charge in [-0.3, -0.25) is 10.1 Å². The van der Waals surface area contributed by atoms with Gasteiger partial charge in [0, 0.05) is 25.7 Å². The fourth-order valence-electron chi connectivity index (χ4n) is 2.84. The molecule has 1 aliphatic rings. The second-order valence-electron chi connectivity index (χ2n) is 5.74. The Morgan fingerprint density at radius 2 is 2.35 bits per heavy atom. The lowest BCUT2D eigenvalue weighted by molar-refractivity contribution is -0.385. The number of rotatable bonds is 4. The van der Waals surface area contributed by atoms with Crippen molar-refractivity contribution in [2.24, 2.45) is 5.92 Å². The molecule has 0 bridgehead atoms.